The Hall–Kier alpha value is -0.0300. The first-order chi connectivity index (χ1) is 6.86. The fourth-order valence-electron chi connectivity index (χ4n) is 1.01. The Labute approximate surface area is 93.6 Å². The second kappa shape index (κ2) is 7.29. The minimum atomic E-state index is -0.0742. The molecule has 0 bridgehead atoms. The van der Waals surface area contributed by atoms with Crippen LogP contribution in [0, 0.1) is 0 Å². The summed E-state index contributed by atoms with van der Waals surface area (Å²) in [5.41, 5.74) is 0. The minimum Gasteiger partial charge on any atom is -0.352 e. The minimum absolute atomic E-state index is 0.0742. The molecule has 0 aromatic carbocycles. The van der Waals surface area contributed by atoms with Crippen molar-refractivity contribution in [3.63, 3.8) is 0 Å². The number of thiophene rings is 1. The van der Waals surface area contributed by atoms with Gasteiger partial charge in [0.15, 0.2) is 6.29 Å². The molecule has 0 amide bonds. The molecule has 0 aliphatic heterocycles. The molecule has 14 heavy (non-hydrogen) atoms. The van der Waals surface area contributed by atoms with Crippen LogP contribution in [-0.2, 0) is 9.47 Å². The monoisotopic (exact) mass is 232 g/mol. The standard InChI is InChI=1S/C10H16O2S2/c1-3-11-10(12-4-2)8-14-9-5-6-13-7-9/h5-7,10H,3-4,8H2,1-2H3. The van der Waals surface area contributed by atoms with Gasteiger partial charge in [-0.15, -0.1) is 11.8 Å². The number of hydrogen-bond donors (Lipinski definition) is 0. The van der Waals surface area contributed by atoms with Crippen molar-refractivity contribution in [3.05, 3.63) is 16.8 Å². The summed E-state index contributed by atoms with van der Waals surface area (Å²) >= 11 is 3.49. The van der Waals surface area contributed by atoms with Gasteiger partial charge in [-0.3, -0.25) is 0 Å². The summed E-state index contributed by atoms with van der Waals surface area (Å²) < 4.78 is 10.9. The van der Waals surface area contributed by atoms with Crippen LogP contribution >= 0.6 is 23.1 Å². The molecule has 1 rings (SSSR count). The highest BCUT2D eigenvalue weighted by Gasteiger charge is 2.08. The Balaban J connectivity index is 2.25. The molecule has 0 aliphatic carbocycles. The average Bonchev–Trinajstić information content (AvgIpc) is 2.67. The zero-order chi connectivity index (χ0) is 10.2. The van der Waals surface area contributed by atoms with E-state index in [4.69, 9.17) is 9.47 Å². The van der Waals surface area contributed by atoms with Crippen LogP contribution in [0.25, 0.3) is 0 Å². The molecule has 1 heterocycles. The topological polar surface area (TPSA) is 18.5 Å². The molecular weight excluding hydrogens is 216 g/mol. The van der Waals surface area contributed by atoms with Crippen LogP contribution in [0.4, 0.5) is 0 Å². The summed E-state index contributed by atoms with van der Waals surface area (Å²) in [5.74, 6) is 0.860. The van der Waals surface area contributed by atoms with Gasteiger partial charge in [0.25, 0.3) is 0 Å². The highest BCUT2D eigenvalue weighted by Crippen LogP contribution is 2.22. The van der Waals surface area contributed by atoms with Crippen molar-refractivity contribution < 1.29 is 9.47 Å². The number of ether oxygens (including phenoxy) is 2. The molecule has 0 spiro atoms. The van der Waals surface area contributed by atoms with Crippen molar-refractivity contribution in [1.82, 2.24) is 0 Å². The predicted molar refractivity (Wildman–Crippen MR) is 62.1 cm³/mol. The zero-order valence-corrected chi connectivity index (χ0v) is 10.2. The lowest BCUT2D eigenvalue weighted by Crippen LogP contribution is -2.19. The van der Waals surface area contributed by atoms with Gasteiger partial charge in [-0.05, 0) is 25.3 Å². The molecule has 2 nitrogen and oxygen atoms in total. The van der Waals surface area contributed by atoms with Crippen LogP contribution in [0.5, 0.6) is 0 Å². The van der Waals surface area contributed by atoms with Crippen LogP contribution in [0.1, 0.15) is 13.8 Å². The lowest BCUT2D eigenvalue weighted by molar-refractivity contribution is -0.120. The van der Waals surface area contributed by atoms with Crippen LogP contribution in [0.3, 0.4) is 0 Å². The second-order valence-corrected chi connectivity index (χ2v) is 4.48. The van der Waals surface area contributed by atoms with Crippen molar-refractivity contribution in [1.29, 1.82) is 0 Å². The fraction of sp³-hybridized carbons (Fsp3) is 0.600. The SMILES string of the molecule is CCOC(CSc1ccsc1)OCC. The van der Waals surface area contributed by atoms with Gasteiger partial charge in [-0.1, -0.05) is 0 Å². The summed E-state index contributed by atoms with van der Waals surface area (Å²) in [7, 11) is 0. The predicted octanol–water partition coefficient (Wildman–Crippen LogP) is 3.24. The van der Waals surface area contributed by atoms with Gasteiger partial charge in [0, 0.05) is 29.2 Å². The molecule has 0 aliphatic rings. The van der Waals surface area contributed by atoms with Crippen molar-refractivity contribution in [3.8, 4) is 0 Å². The molecule has 0 N–H and O–H groups in total. The van der Waals surface area contributed by atoms with E-state index in [1.807, 2.05) is 13.8 Å². The van der Waals surface area contributed by atoms with Gasteiger partial charge >= 0.3 is 0 Å². The summed E-state index contributed by atoms with van der Waals surface area (Å²) in [5, 5.41) is 4.22. The van der Waals surface area contributed by atoms with Crippen LogP contribution in [0.2, 0.25) is 0 Å². The van der Waals surface area contributed by atoms with Crippen LogP contribution < -0.4 is 0 Å². The third-order valence-electron chi connectivity index (χ3n) is 1.59. The molecule has 0 atom stereocenters. The van der Waals surface area contributed by atoms with E-state index in [-0.39, 0.29) is 6.29 Å². The zero-order valence-electron chi connectivity index (χ0n) is 8.56. The number of hydrogen-bond acceptors (Lipinski definition) is 4. The Morgan fingerprint density at radius 3 is 2.57 bits per heavy atom. The fourth-order valence-corrected chi connectivity index (χ4v) is 2.74. The van der Waals surface area contributed by atoms with Crippen molar-refractivity contribution in [2.45, 2.75) is 25.0 Å². The van der Waals surface area contributed by atoms with Crippen molar-refractivity contribution in [2.24, 2.45) is 0 Å². The molecule has 4 heteroatoms. The van der Waals surface area contributed by atoms with E-state index in [1.165, 1.54) is 4.90 Å². The first-order valence-electron chi connectivity index (χ1n) is 4.75. The highest BCUT2D eigenvalue weighted by molar-refractivity contribution is 7.99. The average molecular weight is 232 g/mol. The van der Waals surface area contributed by atoms with E-state index in [1.54, 1.807) is 23.1 Å². The molecular formula is C10H16O2S2. The van der Waals surface area contributed by atoms with Crippen molar-refractivity contribution >= 4 is 23.1 Å². The van der Waals surface area contributed by atoms with E-state index in [0.717, 1.165) is 5.75 Å². The number of rotatable bonds is 7. The molecule has 0 saturated carbocycles. The smallest absolute Gasteiger partial charge is 0.166 e. The first-order valence-corrected chi connectivity index (χ1v) is 6.67. The van der Waals surface area contributed by atoms with Gasteiger partial charge in [-0.25, -0.2) is 0 Å². The molecule has 1 aromatic heterocycles. The maximum Gasteiger partial charge on any atom is 0.166 e. The molecule has 1 aromatic rings. The lowest BCUT2D eigenvalue weighted by atomic mass is 10.7. The molecule has 0 unspecified atom stereocenters. The summed E-state index contributed by atoms with van der Waals surface area (Å²) in [6, 6.07) is 2.12. The maximum atomic E-state index is 5.44. The van der Waals surface area contributed by atoms with Gasteiger partial charge in [0.05, 0.1) is 0 Å². The third-order valence-corrected chi connectivity index (χ3v) is 3.44. The molecule has 80 valence electrons. The Morgan fingerprint density at radius 1 is 1.36 bits per heavy atom. The van der Waals surface area contributed by atoms with E-state index >= 15 is 0 Å². The lowest BCUT2D eigenvalue weighted by Gasteiger charge is -2.15. The Bertz CT molecular complexity index is 218. The van der Waals surface area contributed by atoms with Crippen molar-refractivity contribution in [2.75, 3.05) is 19.0 Å². The molecule has 0 saturated heterocycles. The number of thioether (sulfide) groups is 1. The van der Waals surface area contributed by atoms with E-state index in [9.17, 15) is 0 Å². The second-order valence-electron chi connectivity index (χ2n) is 2.61. The quantitative estimate of drug-likeness (QED) is 0.531. The summed E-state index contributed by atoms with van der Waals surface area (Å²) in [6.45, 7) is 5.38. The van der Waals surface area contributed by atoms with Crippen LogP contribution in [-0.4, -0.2) is 25.3 Å². The van der Waals surface area contributed by atoms with Gasteiger partial charge in [0.1, 0.15) is 0 Å². The summed E-state index contributed by atoms with van der Waals surface area (Å²) in [6.07, 6.45) is -0.0742. The van der Waals surface area contributed by atoms with E-state index < -0.39 is 0 Å². The van der Waals surface area contributed by atoms with Crippen LogP contribution in [0.15, 0.2) is 21.7 Å². The van der Waals surface area contributed by atoms with E-state index in [0.29, 0.717) is 13.2 Å². The first kappa shape index (κ1) is 12.0. The summed E-state index contributed by atoms with van der Waals surface area (Å²) in [4.78, 5) is 1.29. The Morgan fingerprint density at radius 2 is 2.07 bits per heavy atom. The van der Waals surface area contributed by atoms with Gasteiger partial charge < -0.3 is 9.47 Å². The van der Waals surface area contributed by atoms with Gasteiger partial charge in [-0.2, -0.15) is 11.3 Å². The van der Waals surface area contributed by atoms with Gasteiger partial charge in [0.2, 0.25) is 0 Å². The highest BCUT2D eigenvalue weighted by atomic mass is 32.2. The maximum absolute atomic E-state index is 5.44. The Kier molecular flexibility index (Phi) is 6.27. The largest absolute Gasteiger partial charge is 0.352 e. The van der Waals surface area contributed by atoms with E-state index in [2.05, 4.69) is 16.8 Å². The molecule has 0 radical (unpaired) electrons. The molecule has 0 fully saturated rings. The third kappa shape index (κ3) is 4.46. The normalized spacial score (nSPS) is 11.1.